The van der Waals surface area contributed by atoms with Crippen LogP contribution in [0.3, 0.4) is 0 Å². The van der Waals surface area contributed by atoms with Crippen molar-refractivity contribution in [3.63, 3.8) is 0 Å². The SMILES string of the molecule is COc1ccc2c(c1)C(CN)(NCC1CC1)CCC2. The Labute approximate surface area is 115 Å². The van der Waals surface area contributed by atoms with Crippen LogP contribution in [0.15, 0.2) is 18.2 Å². The highest BCUT2D eigenvalue weighted by Crippen LogP contribution is 2.38. The molecule has 0 heterocycles. The third kappa shape index (κ3) is 2.49. The van der Waals surface area contributed by atoms with Crippen molar-refractivity contribution in [3.8, 4) is 5.75 Å². The second-order valence-electron chi connectivity index (χ2n) is 5.99. The largest absolute Gasteiger partial charge is 0.497 e. The molecule has 3 heteroatoms. The summed E-state index contributed by atoms with van der Waals surface area (Å²) in [5, 5.41) is 3.77. The van der Waals surface area contributed by atoms with Gasteiger partial charge in [-0.2, -0.15) is 0 Å². The minimum absolute atomic E-state index is 0.0370. The molecule has 3 N–H and O–H groups in total. The monoisotopic (exact) mass is 260 g/mol. The van der Waals surface area contributed by atoms with Gasteiger partial charge in [0.05, 0.1) is 12.6 Å². The quantitative estimate of drug-likeness (QED) is 0.853. The third-order valence-corrected chi connectivity index (χ3v) is 4.66. The predicted molar refractivity (Wildman–Crippen MR) is 77.4 cm³/mol. The van der Waals surface area contributed by atoms with Crippen molar-refractivity contribution in [1.82, 2.24) is 5.32 Å². The Morgan fingerprint density at radius 2 is 2.26 bits per heavy atom. The van der Waals surface area contributed by atoms with Crippen molar-refractivity contribution < 1.29 is 4.74 Å². The lowest BCUT2D eigenvalue weighted by molar-refractivity contribution is 0.287. The third-order valence-electron chi connectivity index (χ3n) is 4.66. The Morgan fingerprint density at radius 3 is 2.95 bits per heavy atom. The van der Waals surface area contributed by atoms with E-state index in [9.17, 15) is 0 Å². The maximum absolute atomic E-state index is 6.15. The van der Waals surface area contributed by atoms with Crippen molar-refractivity contribution >= 4 is 0 Å². The molecule has 1 aromatic rings. The molecular weight excluding hydrogens is 236 g/mol. The normalized spacial score (nSPS) is 26.0. The molecular formula is C16H24N2O. The number of fused-ring (bicyclic) bond motifs is 1. The zero-order chi connectivity index (χ0) is 13.3. The van der Waals surface area contributed by atoms with Crippen molar-refractivity contribution in [3.05, 3.63) is 29.3 Å². The number of hydrogen-bond acceptors (Lipinski definition) is 3. The van der Waals surface area contributed by atoms with E-state index in [-0.39, 0.29) is 5.54 Å². The van der Waals surface area contributed by atoms with Gasteiger partial charge in [-0.05, 0) is 67.8 Å². The number of benzene rings is 1. The fraction of sp³-hybridized carbons (Fsp3) is 0.625. The number of nitrogens with two attached hydrogens (primary N) is 1. The number of aryl methyl sites for hydroxylation is 1. The van der Waals surface area contributed by atoms with Crippen LogP contribution in [-0.2, 0) is 12.0 Å². The lowest BCUT2D eigenvalue weighted by Crippen LogP contribution is -2.51. The van der Waals surface area contributed by atoms with Gasteiger partial charge in [0.2, 0.25) is 0 Å². The van der Waals surface area contributed by atoms with E-state index in [4.69, 9.17) is 10.5 Å². The Bertz CT molecular complexity index is 456. The van der Waals surface area contributed by atoms with Gasteiger partial charge in [-0.1, -0.05) is 6.07 Å². The summed E-state index contributed by atoms with van der Waals surface area (Å²) >= 11 is 0. The maximum atomic E-state index is 6.15. The first-order valence-electron chi connectivity index (χ1n) is 7.40. The first-order valence-corrected chi connectivity index (χ1v) is 7.40. The standard InChI is InChI=1S/C16H24N2O/c1-19-14-7-6-13-3-2-8-16(11-17,15(13)9-14)18-10-12-4-5-12/h6-7,9,12,18H,2-5,8,10-11,17H2,1H3. The second-order valence-corrected chi connectivity index (χ2v) is 5.99. The smallest absolute Gasteiger partial charge is 0.119 e. The molecule has 3 nitrogen and oxygen atoms in total. The summed E-state index contributed by atoms with van der Waals surface area (Å²) in [7, 11) is 1.73. The van der Waals surface area contributed by atoms with Gasteiger partial charge in [0.25, 0.3) is 0 Å². The Hall–Kier alpha value is -1.06. The molecule has 1 atom stereocenters. The van der Waals surface area contributed by atoms with Gasteiger partial charge in [0.1, 0.15) is 5.75 Å². The summed E-state index contributed by atoms with van der Waals surface area (Å²) in [6.45, 7) is 1.77. The van der Waals surface area contributed by atoms with Crippen LogP contribution < -0.4 is 15.8 Å². The summed E-state index contributed by atoms with van der Waals surface area (Å²) in [5.41, 5.74) is 8.90. The molecule has 0 aromatic heterocycles. The topological polar surface area (TPSA) is 47.3 Å². The molecule has 19 heavy (non-hydrogen) atoms. The molecule has 1 aromatic carbocycles. The van der Waals surface area contributed by atoms with Crippen LogP contribution in [0.5, 0.6) is 5.75 Å². The predicted octanol–water partition coefficient (Wildman–Crippen LogP) is 2.19. The molecule has 2 aliphatic carbocycles. The van der Waals surface area contributed by atoms with Crippen LogP contribution >= 0.6 is 0 Å². The summed E-state index contributed by atoms with van der Waals surface area (Å²) in [6, 6.07) is 6.45. The summed E-state index contributed by atoms with van der Waals surface area (Å²) in [5.74, 6) is 1.81. The van der Waals surface area contributed by atoms with Crippen molar-refractivity contribution in [2.24, 2.45) is 11.7 Å². The average Bonchev–Trinajstić information content (AvgIpc) is 3.28. The van der Waals surface area contributed by atoms with E-state index in [2.05, 4.69) is 23.5 Å². The van der Waals surface area contributed by atoms with Gasteiger partial charge >= 0.3 is 0 Å². The van der Waals surface area contributed by atoms with E-state index in [0.717, 1.165) is 31.1 Å². The Kier molecular flexibility index (Phi) is 3.50. The zero-order valence-electron chi connectivity index (χ0n) is 11.7. The highest BCUT2D eigenvalue weighted by Gasteiger charge is 2.36. The van der Waals surface area contributed by atoms with E-state index in [1.54, 1.807) is 7.11 Å². The molecule has 3 rings (SSSR count). The zero-order valence-corrected chi connectivity index (χ0v) is 11.7. The van der Waals surface area contributed by atoms with Gasteiger partial charge in [-0.25, -0.2) is 0 Å². The molecule has 1 fully saturated rings. The van der Waals surface area contributed by atoms with Crippen LogP contribution in [-0.4, -0.2) is 20.2 Å². The van der Waals surface area contributed by atoms with Gasteiger partial charge in [-0.15, -0.1) is 0 Å². The fourth-order valence-corrected chi connectivity index (χ4v) is 3.19. The number of hydrogen-bond donors (Lipinski definition) is 2. The van der Waals surface area contributed by atoms with Crippen molar-refractivity contribution in [1.29, 1.82) is 0 Å². The lowest BCUT2D eigenvalue weighted by atomic mass is 9.76. The summed E-state index contributed by atoms with van der Waals surface area (Å²) in [4.78, 5) is 0. The number of ether oxygens (including phenoxy) is 1. The summed E-state index contributed by atoms with van der Waals surface area (Å²) < 4.78 is 5.39. The molecule has 0 radical (unpaired) electrons. The molecule has 0 saturated heterocycles. The molecule has 0 spiro atoms. The highest BCUT2D eigenvalue weighted by atomic mass is 16.5. The molecule has 0 amide bonds. The van der Waals surface area contributed by atoms with Crippen LogP contribution in [0.4, 0.5) is 0 Å². The molecule has 2 aliphatic rings. The summed E-state index contributed by atoms with van der Waals surface area (Å²) in [6.07, 6.45) is 6.26. The minimum Gasteiger partial charge on any atom is -0.497 e. The van der Waals surface area contributed by atoms with E-state index >= 15 is 0 Å². The van der Waals surface area contributed by atoms with Gasteiger partial charge in [0, 0.05) is 6.54 Å². The number of rotatable bonds is 5. The van der Waals surface area contributed by atoms with Gasteiger partial charge < -0.3 is 15.8 Å². The first-order chi connectivity index (χ1) is 9.27. The van der Waals surface area contributed by atoms with E-state index in [1.165, 1.54) is 30.4 Å². The van der Waals surface area contributed by atoms with E-state index in [1.807, 2.05) is 0 Å². The Morgan fingerprint density at radius 1 is 1.42 bits per heavy atom. The molecule has 1 saturated carbocycles. The minimum atomic E-state index is -0.0370. The number of methoxy groups -OCH3 is 1. The van der Waals surface area contributed by atoms with Crippen molar-refractivity contribution in [2.45, 2.75) is 37.6 Å². The maximum Gasteiger partial charge on any atom is 0.119 e. The van der Waals surface area contributed by atoms with Crippen LogP contribution in [0.25, 0.3) is 0 Å². The van der Waals surface area contributed by atoms with Crippen LogP contribution in [0.2, 0.25) is 0 Å². The fourth-order valence-electron chi connectivity index (χ4n) is 3.19. The lowest BCUT2D eigenvalue weighted by Gasteiger charge is -2.39. The van der Waals surface area contributed by atoms with E-state index < -0.39 is 0 Å². The molecule has 1 unspecified atom stereocenters. The average molecular weight is 260 g/mol. The van der Waals surface area contributed by atoms with E-state index in [0.29, 0.717) is 6.54 Å². The highest BCUT2D eigenvalue weighted by molar-refractivity contribution is 5.42. The molecule has 104 valence electrons. The molecule has 0 aliphatic heterocycles. The van der Waals surface area contributed by atoms with Gasteiger partial charge in [0.15, 0.2) is 0 Å². The first kappa shape index (κ1) is 12.9. The second kappa shape index (κ2) is 5.14. The molecule has 0 bridgehead atoms. The van der Waals surface area contributed by atoms with Gasteiger partial charge in [-0.3, -0.25) is 0 Å². The van der Waals surface area contributed by atoms with Crippen molar-refractivity contribution in [2.75, 3.05) is 20.2 Å². The van der Waals surface area contributed by atoms with Crippen LogP contribution in [0.1, 0.15) is 36.8 Å². The number of nitrogens with one attached hydrogen (secondary N) is 1. The van der Waals surface area contributed by atoms with Crippen LogP contribution in [0, 0.1) is 5.92 Å². The Balaban J connectivity index is 1.91.